The van der Waals surface area contributed by atoms with Crippen molar-refractivity contribution in [3.05, 3.63) is 57.4 Å². The van der Waals surface area contributed by atoms with E-state index in [2.05, 4.69) is 52.8 Å². The number of nitriles is 1. The number of Topliss-reactive ketones (excluding diaryl/α,β-unsaturated/α-hetero) is 1. The number of ether oxygens (including phenoxy) is 1. The first-order valence-electron chi connectivity index (χ1n) is 16.3. The lowest BCUT2D eigenvalue weighted by atomic mass is 9.58. The fourth-order valence-corrected chi connectivity index (χ4v) is 8.75. The number of ketones is 1. The van der Waals surface area contributed by atoms with Gasteiger partial charge in [-0.25, -0.2) is 0 Å². The molecule has 5 unspecified atom stereocenters. The molecule has 4 aliphatic rings. The van der Waals surface area contributed by atoms with E-state index >= 15 is 0 Å². The molecule has 0 aromatic rings. The largest absolute Gasteiger partial charge is 0.430 e. The first kappa shape index (κ1) is 32.2. The fraction of sp³-hybridized carbons (Fsp3) is 0.658. The van der Waals surface area contributed by atoms with Crippen LogP contribution in [0.25, 0.3) is 0 Å². The minimum atomic E-state index is -0.930. The van der Waals surface area contributed by atoms with E-state index in [0.29, 0.717) is 23.8 Å². The summed E-state index contributed by atoms with van der Waals surface area (Å²) in [7, 11) is 0. The van der Waals surface area contributed by atoms with Crippen molar-refractivity contribution in [1.82, 2.24) is 0 Å². The van der Waals surface area contributed by atoms with Crippen LogP contribution in [-0.4, -0.2) is 11.8 Å². The van der Waals surface area contributed by atoms with Gasteiger partial charge in [-0.1, -0.05) is 49.1 Å². The lowest BCUT2D eigenvalue weighted by Crippen LogP contribution is -2.42. The molecule has 2 bridgehead atoms. The van der Waals surface area contributed by atoms with Gasteiger partial charge >= 0.3 is 5.97 Å². The van der Waals surface area contributed by atoms with Crippen LogP contribution in [0.2, 0.25) is 0 Å². The van der Waals surface area contributed by atoms with Crippen LogP contribution in [0.3, 0.4) is 0 Å². The zero-order valence-electron chi connectivity index (χ0n) is 27.5. The van der Waals surface area contributed by atoms with Crippen LogP contribution in [0.1, 0.15) is 126 Å². The molecule has 2 saturated carbocycles. The predicted octanol–water partition coefficient (Wildman–Crippen LogP) is 9.89. The minimum absolute atomic E-state index is 0.00708. The highest BCUT2D eigenvalue weighted by molar-refractivity contribution is 5.96. The Morgan fingerprint density at radius 3 is 2.52 bits per heavy atom. The van der Waals surface area contributed by atoms with E-state index in [0.717, 1.165) is 67.8 Å². The average Bonchev–Trinajstić information content (AvgIpc) is 3.63. The number of rotatable bonds is 11. The van der Waals surface area contributed by atoms with E-state index in [1.54, 1.807) is 13.0 Å². The van der Waals surface area contributed by atoms with Crippen LogP contribution in [0.15, 0.2) is 57.4 Å². The van der Waals surface area contributed by atoms with E-state index < -0.39 is 5.41 Å². The van der Waals surface area contributed by atoms with E-state index in [1.807, 2.05) is 13.8 Å². The van der Waals surface area contributed by atoms with Crippen LogP contribution in [-0.2, 0) is 14.3 Å². The second-order valence-electron chi connectivity index (χ2n) is 14.8. The van der Waals surface area contributed by atoms with Gasteiger partial charge in [-0.05, 0) is 139 Å². The Kier molecular flexibility index (Phi) is 9.91. The van der Waals surface area contributed by atoms with E-state index in [-0.39, 0.29) is 23.1 Å². The van der Waals surface area contributed by atoms with Crippen molar-refractivity contribution in [3.63, 3.8) is 0 Å². The number of hydrogen-bond donors (Lipinski definition) is 0. The zero-order valence-corrected chi connectivity index (χ0v) is 27.5. The summed E-state index contributed by atoms with van der Waals surface area (Å²) in [6, 6.07) is 2.11. The molecular formula is C38H53NO3. The van der Waals surface area contributed by atoms with E-state index in [9.17, 15) is 9.59 Å². The Bertz CT molecular complexity index is 1300. The summed E-state index contributed by atoms with van der Waals surface area (Å²) in [5.74, 6) is 2.84. The van der Waals surface area contributed by atoms with E-state index in [4.69, 9.17) is 10.00 Å². The SMILES string of the molecule is CC(=O)C(C)=C(C1C(C)=CCCC1(C)C)C(C)(CCC(C)=CCCC(C)=CC#N)C(=O)OC1=C2CC(C1)C1CCCC21. The summed E-state index contributed by atoms with van der Waals surface area (Å²) in [6.45, 7) is 16.5. The molecule has 5 atom stereocenters. The number of carbonyl (C=O) groups is 2. The molecule has 0 aliphatic heterocycles. The molecule has 0 amide bonds. The highest BCUT2D eigenvalue weighted by Gasteiger charge is 2.52. The Labute approximate surface area is 255 Å². The quantitative estimate of drug-likeness (QED) is 0.107. The molecule has 0 saturated heterocycles. The number of carbonyl (C=O) groups excluding carboxylic acids is 2. The van der Waals surface area contributed by atoms with Crippen molar-refractivity contribution in [2.45, 2.75) is 126 Å². The molecule has 0 radical (unpaired) electrons. The zero-order chi connectivity index (χ0) is 30.8. The molecule has 228 valence electrons. The van der Waals surface area contributed by atoms with Crippen LogP contribution >= 0.6 is 0 Å². The maximum atomic E-state index is 14.6. The molecule has 0 aromatic heterocycles. The van der Waals surface area contributed by atoms with Gasteiger partial charge in [0.05, 0.1) is 11.5 Å². The second kappa shape index (κ2) is 12.9. The molecule has 4 rings (SSSR count). The van der Waals surface area contributed by atoms with Crippen molar-refractivity contribution in [2.24, 2.45) is 34.5 Å². The van der Waals surface area contributed by atoms with Gasteiger partial charge in [0.25, 0.3) is 0 Å². The second-order valence-corrected chi connectivity index (χ2v) is 14.8. The van der Waals surface area contributed by atoms with Gasteiger partial charge in [-0.3, -0.25) is 9.59 Å². The van der Waals surface area contributed by atoms with Crippen molar-refractivity contribution in [2.75, 3.05) is 0 Å². The number of nitrogens with zero attached hydrogens (tertiary/aromatic N) is 1. The molecule has 4 nitrogen and oxygen atoms in total. The summed E-state index contributed by atoms with van der Waals surface area (Å²) < 4.78 is 6.51. The van der Waals surface area contributed by atoms with Crippen molar-refractivity contribution in [1.29, 1.82) is 5.26 Å². The van der Waals surface area contributed by atoms with Crippen molar-refractivity contribution < 1.29 is 14.3 Å². The van der Waals surface area contributed by atoms with Crippen molar-refractivity contribution >= 4 is 11.8 Å². The Morgan fingerprint density at radius 2 is 1.86 bits per heavy atom. The Balaban J connectivity index is 1.71. The maximum absolute atomic E-state index is 14.6. The molecule has 0 heterocycles. The van der Waals surface area contributed by atoms with Crippen LogP contribution in [0.4, 0.5) is 0 Å². The summed E-state index contributed by atoms with van der Waals surface area (Å²) >= 11 is 0. The first-order chi connectivity index (χ1) is 19.8. The number of hydrogen-bond acceptors (Lipinski definition) is 4. The van der Waals surface area contributed by atoms with E-state index in [1.165, 1.54) is 36.0 Å². The van der Waals surface area contributed by atoms with Crippen LogP contribution in [0.5, 0.6) is 0 Å². The lowest BCUT2D eigenvalue weighted by Gasteiger charge is -2.46. The molecule has 2 fully saturated rings. The Morgan fingerprint density at radius 1 is 1.12 bits per heavy atom. The van der Waals surface area contributed by atoms with Gasteiger partial charge in [-0.2, -0.15) is 5.26 Å². The lowest BCUT2D eigenvalue weighted by molar-refractivity contribution is -0.149. The predicted molar refractivity (Wildman–Crippen MR) is 170 cm³/mol. The third-order valence-electron chi connectivity index (χ3n) is 11.2. The summed E-state index contributed by atoms with van der Waals surface area (Å²) in [4.78, 5) is 27.7. The topological polar surface area (TPSA) is 67.2 Å². The smallest absolute Gasteiger partial charge is 0.321 e. The molecule has 4 aliphatic carbocycles. The van der Waals surface area contributed by atoms with Gasteiger partial charge < -0.3 is 4.74 Å². The van der Waals surface area contributed by atoms with Gasteiger partial charge in [-0.15, -0.1) is 0 Å². The third-order valence-corrected chi connectivity index (χ3v) is 11.2. The number of esters is 1. The molecule has 4 heteroatoms. The third kappa shape index (κ3) is 6.46. The monoisotopic (exact) mass is 571 g/mol. The van der Waals surface area contributed by atoms with Gasteiger partial charge in [0.15, 0.2) is 5.78 Å². The summed E-state index contributed by atoms with van der Waals surface area (Å²) in [5, 5.41) is 8.93. The molecule has 0 N–H and O–H groups in total. The minimum Gasteiger partial charge on any atom is -0.430 e. The molecular weight excluding hydrogens is 518 g/mol. The van der Waals surface area contributed by atoms with Crippen LogP contribution in [0, 0.1) is 45.8 Å². The average molecular weight is 572 g/mol. The highest BCUT2D eigenvalue weighted by atomic mass is 16.5. The fourth-order valence-electron chi connectivity index (χ4n) is 8.75. The first-order valence-corrected chi connectivity index (χ1v) is 16.3. The van der Waals surface area contributed by atoms with Gasteiger partial charge in [0.2, 0.25) is 0 Å². The highest BCUT2D eigenvalue weighted by Crippen LogP contribution is 2.59. The molecule has 0 aromatic carbocycles. The van der Waals surface area contributed by atoms with Gasteiger partial charge in [0.1, 0.15) is 5.76 Å². The normalized spacial score (nSPS) is 29.0. The maximum Gasteiger partial charge on any atom is 0.321 e. The number of allylic oxidation sites excluding steroid dienone is 9. The Hall–Kier alpha value is -2.67. The number of fused-ring (bicyclic) bond motifs is 5. The van der Waals surface area contributed by atoms with Gasteiger partial charge in [0, 0.05) is 18.4 Å². The van der Waals surface area contributed by atoms with Crippen molar-refractivity contribution in [3.8, 4) is 6.07 Å². The summed E-state index contributed by atoms with van der Waals surface area (Å²) in [5.41, 5.74) is 5.64. The standard InChI is InChI=1S/C38H53NO3/c1-24(12-9-13-25(2)18-21-39)17-20-38(8,35(27(4)28(5)40)34-26(3)14-11-19-37(34,6)7)36(41)42-33-23-29-22-32(33)31-16-10-15-30(29)31/h12,14,18,29-31,34H,9-11,13,15-17,19-20,22-23H2,1-8H3. The summed E-state index contributed by atoms with van der Waals surface area (Å²) in [6.07, 6.45) is 17.1. The van der Waals surface area contributed by atoms with Crippen LogP contribution < -0.4 is 0 Å². The molecule has 0 spiro atoms. The molecule has 42 heavy (non-hydrogen) atoms.